The van der Waals surface area contributed by atoms with Gasteiger partial charge in [-0.25, -0.2) is 0 Å². The second-order valence-electron chi connectivity index (χ2n) is 12.5. The number of aromatic nitrogens is 1. The molecule has 0 fully saturated rings. The van der Waals surface area contributed by atoms with Crippen LogP contribution in [-0.4, -0.2) is 41.7 Å². The van der Waals surface area contributed by atoms with Crippen molar-refractivity contribution in [2.24, 2.45) is 0 Å². The van der Waals surface area contributed by atoms with Crippen LogP contribution in [0.3, 0.4) is 0 Å². The Morgan fingerprint density at radius 2 is 1.50 bits per heavy atom. The van der Waals surface area contributed by atoms with Gasteiger partial charge in [-0.1, -0.05) is 96.1 Å². The molecule has 8 nitrogen and oxygen atoms in total. The molecule has 1 aromatic heterocycles. The number of hydrogen-bond acceptors (Lipinski definition) is 6. The highest BCUT2D eigenvalue weighted by Crippen LogP contribution is 2.42. The molecule has 0 aliphatic heterocycles. The van der Waals surface area contributed by atoms with E-state index in [1.54, 1.807) is 20.2 Å². The first-order valence-electron chi connectivity index (χ1n) is 17.7. The molecule has 1 aromatic carbocycles. The molecule has 1 unspecified atom stereocenters. The minimum Gasteiger partial charge on any atom is -0.496 e. The molecular weight excluding hydrogens is 599 g/mol. The monoisotopic (exact) mass is 660 g/mol. The zero-order chi connectivity index (χ0) is 33.6. The maximum Gasteiger partial charge on any atom is 0.328 e. The number of carbonyl (C=O) groups excluding carboxylic acids is 1. The predicted octanol–water partition coefficient (Wildman–Crippen LogP) is 9.41. The molecule has 2 rings (SSSR count). The molecule has 0 bridgehead atoms. The SMILES string of the molecule is CCCCCCCCCCCCCCCC(=O)N[C@@H](CCP(=O)(O)OCC)Cc1ccc(OCc2ncc(C)c(OC)c2C)cc1. The molecule has 46 heavy (non-hydrogen) atoms. The lowest BCUT2D eigenvalue weighted by atomic mass is 10.0. The van der Waals surface area contributed by atoms with E-state index in [0.29, 0.717) is 31.6 Å². The Balaban J connectivity index is 1.79. The molecule has 2 N–H and O–H groups in total. The number of amides is 1. The quantitative estimate of drug-likeness (QED) is 0.0765. The number of methoxy groups -OCH3 is 1. The highest BCUT2D eigenvalue weighted by atomic mass is 31.2. The summed E-state index contributed by atoms with van der Waals surface area (Å²) in [5, 5.41) is 3.13. The average Bonchev–Trinajstić information content (AvgIpc) is 3.03. The summed E-state index contributed by atoms with van der Waals surface area (Å²) in [5.41, 5.74) is 3.78. The minimum atomic E-state index is -3.69. The number of carbonyl (C=O) groups is 1. The van der Waals surface area contributed by atoms with Crippen LogP contribution in [0.5, 0.6) is 11.5 Å². The summed E-state index contributed by atoms with van der Waals surface area (Å²) in [6, 6.07) is 7.48. The van der Waals surface area contributed by atoms with Gasteiger partial charge in [-0.05, 0) is 57.7 Å². The molecule has 260 valence electrons. The van der Waals surface area contributed by atoms with Gasteiger partial charge >= 0.3 is 7.60 Å². The van der Waals surface area contributed by atoms with Crippen molar-refractivity contribution < 1.29 is 28.3 Å². The van der Waals surface area contributed by atoms with E-state index in [1.807, 2.05) is 38.1 Å². The van der Waals surface area contributed by atoms with E-state index in [4.69, 9.17) is 14.0 Å². The number of hydrogen-bond donors (Lipinski definition) is 2. The Kier molecular flexibility index (Phi) is 19.9. The van der Waals surface area contributed by atoms with E-state index in [1.165, 1.54) is 64.2 Å². The maximum absolute atomic E-state index is 12.9. The zero-order valence-corrected chi connectivity index (χ0v) is 30.2. The van der Waals surface area contributed by atoms with E-state index >= 15 is 0 Å². The van der Waals surface area contributed by atoms with Gasteiger partial charge in [0.15, 0.2) is 0 Å². The largest absolute Gasteiger partial charge is 0.496 e. The van der Waals surface area contributed by atoms with E-state index in [-0.39, 0.29) is 24.7 Å². The summed E-state index contributed by atoms with van der Waals surface area (Å²) in [6.45, 7) is 8.40. The summed E-state index contributed by atoms with van der Waals surface area (Å²) >= 11 is 0. The lowest BCUT2D eigenvalue weighted by molar-refractivity contribution is -0.121. The summed E-state index contributed by atoms with van der Waals surface area (Å²) in [4.78, 5) is 27.5. The van der Waals surface area contributed by atoms with E-state index in [0.717, 1.165) is 47.4 Å². The fourth-order valence-electron chi connectivity index (χ4n) is 5.79. The Hall–Kier alpha value is -2.41. The first-order valence-corrected chi connectivity index (χ1v) is 19.4. The smallest absolute Gasteiger partial charge is 0.328 e. The highest BCUT2D eigenvalue weighted by Gasteiger charge is 2.22. The molecule has 1 heterocycles. The molecule has 0 saturated heterocycles. The molecule has 0 aliphatic rings. The summed E-state index contributed by atoms with van der Waals surface area (Å²) in [5.74, 6) is 1.53. The van der Waals surface area contributed by atoms with Crippen molar-refractivity contribution in [3.05, 3.63) is 52.8 Å². The Labute approximate surface area is 279 Å². The van der Waals surface area contributed by atoms with Crippen LogP contribution in [0.4, 0.5) is 0 Å². The summed E-state index contributed by atoms with van der Waals surface area (Å²) in [6.07, 6.45) is 19.6. The van der Waals surface area contributed by atoms with Crippen molar-refractivity contribution in [1.29, 1.82) is 0 Å². The van der Waals surface area contributed by atoms with Gasteiger partial charge in [0, 0.05) is 29.8 Å². The number of nitrogens with zero attached hydrogens (tertiary/aromatic N) is 1. The Morgan fingerprint density at radius 3 is 2.07 bits per heavy atom. The fraction of sp³-hybridized carbons (Fsp3) is 0.676. The van der Waals surface area contributed by atoms with Gasteiger partial charge in [0.1, 0.15) is 18.1 Å². The van der Waals surface area contributed by atoms with Crippen molar-refractivity contribution >= 4 is 13.5 Å². The van der Waals surface area contributed by atoms with E-state index in [2.05, 4.69) is 17.2 Å². The second kappa shape index (κ2) is 23.0. The van der Waals surface area contributed by atoms with Gasteiger partial charge in [-0.2, -0.15) is 0 Å². The van der Waals surface area contributed by atoms with Crippen molar-refractivity contribution in [1.82, 2.24) is 10.3 Å². The molecule has 0 spiro atoms. The highest BCUT2D eigenvalue weighted by molar-refractivity contribution is 7.52. The van der Waals surface area contributed by atoms with Crippen molar-refractivity contribution in [3.63, 3.8) is 0 Å². The van der Waals surface area contributed by atoms with Gasteiger partial charge in [0.25, 0.3) is 0 Å². The Bertz CT molecular complexity index is 1170. The number of ether oxygens (including phenoxy) is 2. The second-order valence-corrected chi connectivity index (χ2v) is 14.5. The molecule has 0 radical (unpaired) electrons. The van der Waals surface area contributed by atoms with Crippen LogP contribution in [0.15, 0.2) is 30.5 Å². The normalized spacial score (nSPS) is 13.3. The Morgan fingerprint density at radius 1 is 0.913 bits per heavy atom. The number of benzene rings is 1. The minimum absolute atomic E-state index is 0.00190. The van der Waals surface area contributed by atoms with Crippen LogP contribution < -0.4 is 14.8 Å². The summed E-state index contributed by atoms with van der Waals surface area (Å²) < 4.78 is 28.9. The van der Waals surface area contributed by atoms with Gasteiger partial charge in [0.2, 0.25) is 5.91 Å². The third-order valence-electron chi connectivity index (χ3n) is 8.49. The molecule has 1 amide bonds. The molecular formula is C37H61N2O6P. The van der Waals surface area contributed by atoms with Gasteiger partial charge in [0.05, 0.1) is 25.6 Å². The van der Waals surface area contributed by atoms with Crippen LogP contribution in [0.2, 0.25) is 0 Å². The van der Waals surface area contributed by atoms with E-state index in [9.17, 15) is 14.3 Å². The van der Waals surface area contributed by atoms with Crippen LogP contribution in [0.25, 0.3) is 0 Å². The van der Waals surface area contributed by atoms with E-state index < -0.39 is 7.60 Å². The fourth-order valence-corrected chi connectivity index (χ4v) is 6.96. The maximum atomic E-state index is 12.9. The van der Waals surface area contributed by atoms with Crippen molar-refractivity contribution in [2.45, 2.75) is 143 Å². The standard InChI is InChI=1S/C37H61N2O6P/c1-6-8-9-10-11-12-13-14-15-16-17-18-19-20-36(40)39-33(25-26-46(41,42)45-7-2)27-32-21-23-34(24-22-32)44-29-35-31(4)37(43-5)30(3)28-38-35/h21-24,28,33H,6-20,25-27,29H2,1-5H3,(H,39,40)(H,41,42)/t33-/m0/s1. The first-order chi connectivity index (χ1) is 22.2. The van der Waals surface area contributed by atoms with Crippen LogP contribution in [0, 0.1) is 13.8 Å². The number of rotatable bonds is 26. The molecule has 9 heteroatoms. The van der Waals surface area contributed by atoms with Gasteiger partial charge in [-0.3, -0.25) is 14.3 Å². The zero-order valence-electron chi connectivity index (χ0n) is 29.3. The number of nitrogens with one attached hydrogen (secondary N) is 1. The molecule has 0 saturated carbocycles. The van der Waals surface area contributed by atoms with Crippen LogP contribution in [0.1, 0.15) is 133 Å². The van der Waals surface area contributed by atoms with Crippen LogP contribution in [-0.2, 0) is 26.9 Å². The molecule has 2 aromatic rings. The van der Waals surface area contributed by atoms with Crippen molar-refractivity contribution in [3.8, 4) is 11.5 Å². The molecule has 2 atom stereocenters. The van der Waals surface area contributed by atoms with Crippen LogP contribution >= 0.6 is 7.60 Å². The van der Waals surface area contributed by atoms with Gasteiger partial charge < -0.3 is 24.2 Å². The lowest BCUT2D eigenvalue weighted by Gasteiger charge is -2.21. The lowest BCUT2D eigenvalue weighted by Crippen LogP contribution is -2.37. The third-order valence-corrected chi connectivity index (χ3v) is 9.98. The number of aryl methyl sites for hydroxylation is 1. The van der Waals surface area contributed by atoms with Crippen molar-refractivity contribution in [2.75, 3.05) is 19.9 Å². The molecule has 0 aliphatic carbocycles. The van der Waals surface area contributed by atoms with Gasteiger partial charge in [-0.15, -0.1) is 0 Å². The summed E-state index contributed by atoms with van der Waals surface area (Å²) in [7, 11) is -2.03. The average molecular weight is 661 g/mol. The predicted molar refractivity (Wildman–Crippen MR) is 188 cm³/mol. The number of pyridine rings is 1. The topological polar surface area (TPSA) is 107 Å². The number of unbranched alkanes of at least 4 members (excludes halogenated alkanes) is 12. The first kappa shape index (κ1) is 39.8. The third kappa shape index (κ3) is 16.4.